The van der Waals surface area contributed by atoms with Gasteiger partial charge in [-0.25, -0.2) is 0 Å². The Labute approximate surface area is 91.5 Å². The normalized spacial score (nSPS) is 24.7. The molecule has 2 aliphatic rings. The van der Waals surface area contributed by atoms with Gasteiger partial charge in [0.1, 0.15) is 6.04 Å². The Balaban J connectivity index is 2.04. The standard InChI is InChI=1S/C12H21NO2/c1-2-13(10-5-3-4-6-10)11(12(14)15)9-7-8-9/h9-11H,2-8H2,1H3,(H,14,15). The second-order valence-corrected chi connectivity index (χ2v) is 4.89. The molecule has 86 valence electrons. The van der Waals surface area contributed by atoms with Crippen molar-refractivity contribution in [2.75, 3.05) is 6.54 Å². The highest BCUT2D eigenvalue weighted by Crippen LogP contribution is 2.38. The number of nitrogens with zero attached hydrogens (tertiary/aromatic N) is 1. The Bertz CT molecular complexity index is 232. The number of hydrogen-bond acceptors (Lipinski definition) is 2. The first-order valence-electron chi connectivity index (χ1n) is 6.22. The Morgan fingerprint density at radius 2 is 1.93 bits per heavy atom. The van der Waals surface area contributed by atoms with E-state index in [0.29, 0.717) is 12.0 Å². The highest BCUT2D eigenvalue weighted by molar-refractivity contribution is 5.74. The summed E-state index contributed by atoms with van der Waals surface area (Å²) in [5.41, 5.74) is 0. The summed E-state index contributed by atoms with van der Waals surface area (Å²) >= 11 is 0. The van der Waals surface area contributed by atoms with Gasteiger partial charge in [0.25, 0.3) is 0 Å². The van der Waals surface area contributed by atoms with Crippen LogP contribution in [0.5, 0.6) is 0 Å². The van der Waals surface area contributed by atoms with Gasteiger partial charge in [0.15, 0.2) is 0 Å². The fourth-order valence-corrected chi connectivity index (χ4v) is 2.94. The smallest absolute Gasteiger partial charge is 0.321 e. The van der Waals surface area contributed by atoms with Crippen molar-refractivity contribution in [1.29, 1.82) is 0 Å². The molecular weight excluding hydrogens is 190 g/mol. The number of hydrogen-bond donors (Lipinski definition) is 1. The Hall–Kier alpha value is -0.570. The van der Waals surface area contributed by atoms with Crippen molar-refractivity contribution in [3.05, 3.63) is 0 Å². The van der Waals surface area contributed by atoms with Crippen LogP contribution in [-0.2, 0) is 4.79 Å². The van der Waals surface area contributed by atoms with E-state index in [1.807, 2.05) is 0 Å². The molecular formula is C12H21NO2. The molecule has 0 saturated heterocycles. The lowest BCUT2D eigenvalue weighted by atomic mass is 10.1. The molecule has 0 amide bonds. The first-order chi connectivity index (χ1) is 7.24. The first kappa shape index (κ1) is 10.9. The number of carbonyl (C=O) groups is 1. The van der Waals surface area contributed by atoms with Crippen LogP contribution in [0.4, 0.5) is 0 Å². The van der Waals surface area contributed by atoms with E-state index in [2.05, 4.69) is 11.8 Å². The summed E-state index contributed by atoms with van der Waals surface area (Å²) in [6.07, 6.45) is 7.17. The van der Waals surface area contributed by atoms with Crippen molar-refractivity contribution in [3.63, 3.8) is 0 Å². The molecule has 2 fully saturated rings. The zero-order valence-corrected chi connectivity index (χ0v) is 9.48. The van der Waals surface area contributed by atoms with Crippen LogP contribution in [0.3, 0.4) is 0 Å². The average Bonchev–Trinajstić information content (AvgIpc) is 2.88. The number of rotatable bonds is 5. The Morgan fingerprint density at radius 3 is 2.33 bits per heavy atom. The summed E-state index contributed by atoms with van der Waals surface area (Å²) < 4.78 is 0. The molecule has 15 heavy (non-hydrogen) atoms. The van der Waals surface area contributed by atoms with E-state index >= 15 is 0 Å². The van der Waals surface area contributed by atoms with Gasteiger partial charge in [-0.2, -0.15) is 0 Å². The van der Waals surface area contributed by atoms with Gasteiger partial charge >= 0.3 is 5.97 Å². The predicted molar refractivity (Wildman–Crippen MR) is 58.8 cm³/mol. The third kappa shape index (κ3) is 2.33. The van der Waals surface area contributed by atoms with Crippen molar-refractivity contribution in [1.82, 2.24) is 4.90 Å². The maximum absolute atomic E-state index is 11.3. The number of carboxylic acids is 1. The van der Waals surface area contributed by atoms with Gasteiger partial charge in [0, 0.05) is 6.04 Å². The van der Waals surface area contributed by atoms with Crippen molar-refractivity contribution >= 4 is 5.97 Å². The summed E-state index contributed by atoms with van der Waals surface area (Å²) in [4.78, 5) is 13.5. The lowest BCUT2D eigenvalue weighted by Crippen LogP contribution is -2.47. The van der Waals surface area contributed by atoms with E-state index in [0.717, 1.165) is 19.4 Å². The minimum atomic E-state index is -0.605. The molecule has 0 aliphatic heterocycles. The quantitative estimate of drug-likeness (QED) is 0.757. The van der Waals surface area contributed by atoms with Crippen molar-refractivity contribution < 1.29 is 9.90 Å². The average molecular weight is 211 g/mol. The Kier molecular flexibility index (Phi) is 3.29. The SMILES string of the molecule is CCN(C1CCCC1)C(C(=O)O)C1CC1. The van der Waals surface area contributed by atoms with Gasteiger partial charge in [-0.3, -0.25) is 9.69 Å². The maximum atomic E-state index is 11.3. The van der Waals surface area contributed by atoms with Crippen molar-refractivity contribution in [2.45, 2.75) is 57.5 Å². The predicted octanol–water partition coefficient (Wildman–Crippen LogP) is 2.11. The molecule has 1 unspecified atom stereocenters. The highest BCUT2D eigenvalue weighted by atomic mass is 16.4. The van der Waals surface area contributed by atoms with Gasteiger partial charge in [-0.05, 0) is 38.1 Å². The molecule has 2 saturated carbocycles. The number of carboxylic acid groups (broad SMARTS) is 1. The summed E-state index contributed by atoms with van der Waals surface area (Å²) in [5.74, 6) is -0.172. The lowest BCUT2D eigenvalue weighted by Gasteiger charge is -2.33. The summed E-state index contributed by atoms with van der Waals surface area (Å²) in [5, 5.41) is 9.30. The van der Waals surface area contributed by atoms with Crippen LogP contribution < -0.4 is 0 Å². The Morgan fingerprint density at radius 1 is 1.33 bits per heavy atom. The van der Waals surface area contributed by atoms with Crippen LogP contribution in [0.2, 0.25) is 0 Å². The molecule has 0 aromatic heterocycles. The van der Waals surface area contributed by atoms with Crippen LogP contribution in [0, 0.1) is 5.92 Å². The zero-order chi connectivity index (χ0) is 10.8. The molecule has 3 heteroatoms. The van der Waals surface area contributed by atoms with E-state index in [-0.39, 0.29) is 6.04 Å². The molecule has 0 radical (unpaired) electrons. The molecule has 0 bridgehead atoms. The molecule has 0 spiro atoms. The van der Waals surface area contributed by atoms with E-state index in [1.165, 1.54) is 25.7 Å². The molecule has 2 aliphatic carbocycles. The molecule has 1 N–H and O–H groups in total. The van der Waals surface area contributed by atoms with Gasteiger partial charge in [0.2, 0.25) is 0 Å². The third-order valence-corrected chi connectivity index (χ3v) is 3.84. The largest absolute Gasteiger partial charge is 0.480 e. The highest BCUT2D eigenvalue weighted by Gasteiger charge is 2.42. The minimum absolute atomic E-state index is 0.196. The zero-order valence-electron chi connectivity index (χ0n) is 9.48. The summed E-state index contributed by atoms with van der Waals surface area (Å²) in [6.45, 7) is 2.98. The van der Waals surface area contributed by atoms with Crippen molar-refractivity contribution in [2.24, 2.45) is 5.92 Å². The minimum Gasteiger partial charge on any atom is -0.480 e. The van der Waals surface area contributed by atoms with E-state index in [1.54, 1.807) is 0 Å². The fraction of sp³-hybridized carbons (Fsp3) is 0.917. The number of aliphatic carboxylic acids is 1. The molecule has 0 heterocycles. The van der Waals surface area contributed by atoms with Crippen LogP contribution in [0.25, 0.3) is 0 Å². The second kappa shape index (κ2) is 4.52. The van der Waals surface area contributed by atoms with Crippen LogP contribution in [0.1, 0.15) is 45.4 Å². The third-order valence-electron chi connectivity index (χ3n) is 3.84. The van der Waals surface area contributed by atoms with Crippen LogP contribution in [0.15, 0.2) is 0 Å². The van der Waals surface area contributed by atoms with Crippen LogP contribution >= 0.6 is 0 Å². The monoisotopic (exact) mass is 211 g/mol. The molecule has 0 aromatic carbocycles. The van der Waals surface area contributed by atoms with Gasteiger partial charge in [0.05, 0.1) is 0 Å². The van der Waals surface area contributed by atoms with Crippen LogP contribution in [-0.4, -0.2) is 34.6 Å². The molecule has 0 aromatic rings. The topological polar surface area (TPSA) is 40.5 Å². The van der Waals surface area contributed by atoms with Crippen molar-refractivity contribution in [3.8, 4) is 0 Å². The van der Waals surface area contributed by atoms with E-state index in [9.17, 15) is 9.90 Å². The lowest BCUT2D eigenvalue weighted by molar-refractivity contribution is -0.145. The van der Waals surface area contributed by atoms with Gasteiger partial charge in [-0.1, -0.05) is 19.8 Å². The molecule has 2 rings (SSSR count). The van der Waals surface area contributed by atoms with E-state index in [4.69, 9.17) is 0 Å². The van der Waals surface area contributed by atoms with Gasteiger partial charge in [-0.15, -0.1) is 0 Å². The molecule has 3 nitrogen and oxygen atoms in total. The fourth-order valence-electron chi connectivity index (χ4n) is 2.94. The van der Waals surface area contributed by atoms with E-state index < -0.39 is 5.97 Å². The summed E-state index contributed by atoms with van der Waals surface area (Å²) in [6, 6.07) is 0.342. The van der Waals surface area contributed by atoms with Gasteiger partial charge < -0.3 is 5.11 Å². The maximum Gasteiger partial charge on any atom is 0.321 e. The first-order valence-corrected chi connectivity index (χ1v) is 6.22. The molecule has 1 atom stereocenters. The second-order valence-electron chi connectivity index (χ2n) is 4.89. The summed E-state index contributed by atoms with van der Waals surface area (Å²) in [7, 11) is 0. The number of likely N-dealkylation sites (N-methyl/N-ethyl adjacent to an activating group) is 1.